The molecule has 0 aromatic carbocycles. The van der Waals surface area contributed by atoms with Gasteiger partial charge in [-0.05, 0) is 51.0 Å². The minimum atomic E-state index is 0.628. The number of hydrogen-bond donors (Lipinski definition) is 1. The highest BCUT2D eigenvalue weighted by atomic mass is 15.2. The van der Waals surface area contributed by atoms with Crippen molar-refractivity contribution in [2.75, 3.05) is 19.6 Å². The molecule has 0 radical (unpaired) electrons. The molecule has 0 aromatic heterocycles. The maximum Gasteiger partial charge on any atom is 0.00792 e. The Hall–Kier alpha value is -0.0800. The second-order valence-corrected chi connectivity index (χ2v) is 6.60. The van der Waals surface area contributed by atoms with E-state index < -0.39 is 0 Å². The summed E-state index contributed by atoms with van der Waals surface area (Å²) in [5, 5.41) is 3.54. The van der Waals surface area contributed by atoms with E-state index in [1.165, 1.54) is 51.7 Å². The van der Waals surface area contributed by atoms with Crippen LogP contribution in [0.25, 0.3) is 0 Å². The van der Waals surface area contributed by atoms with Crippen LogP contribution in [-0.4, -0.2) is 36.6 Å². The molecule has 1 saturated carbocycles. The third kappa shape index (κ3) is 3.96. The van der Waals surface area contributed by atoms with Crippen LogP contribution in [0.5, 0.6) is 0 Å². The monoisotopic (exact) mass is 238 g/mol. The molecule has 2 nitrogen and oxygen atoms in total. The summed E-state index contributed by atoms with van der Waals surface area (Å²) in [4.78, 5) is 2.76. The Labute approximate surface area is 107 Å². The number of nitrogens with zero attached hydrogens (tertiary/aromatic N) is 1. The van der Waals surface area contributed by atoms with Crippen molar-refractivity contribution in [3.05, 3.63) is 0 Å². The number of hydrogen-bond acceptors (Lipinski definition) is 2. The fourth-order valence-electron chi connectivity index (χ4n) is 3.60. The van der Waals surface area contributed by atoms with Crippen molar-refractivity contribution in [2.45, 2.75) is 65.0 Å². The van der Waals surface area contributed by atoms with Gasteiger partial charge in [-0.25, -0.2) is 0 Å². The lowest BCUT2D eigenvalue weighted by atomic mass is 9.77. The number of rotatable bonds is 5. The van der Waals surface area contributed by atoms with Crippen LogP contribution in [0.1, 0.15) is 52.9 Å². The van der Waals surface area contributed by atoms with Gasteiger partial charge in [0.2, 0.25) is 0 Å². The second kappa shape index (κ2) is 6.19. The number of likely N-dealkylation sites (tertiary alicyclic amines) is 1. The fourth-order valence-corrected chi connectivity index (χ4v) is 3.60. The van der Waals surface area contributed by atoms with E-state index in [0.717, 1.165) is 17.9 Å². The Morgan fingerprint density at radius 2 is 1.76 bits per heavy atom. The molecule has 1 aliphatic carbocycles. The fraction of sp³-hybridized carbons (Fsp3) is 1.00. The lowest BCUT2D eigenvalue weighted by Crippen LogP contribution is -2.47. The Morgan fingerprint density at radius 1 is 1.12 bits per heavy atom. The van der Waals surface area contributed by atoms with E-state index in [4.69, 9.17) is 0 Å². The van der Waals surface area contributed by atoms with Gasteiger partial charge >= 0.3 is 0 Å². The lowest BCUT2D eigenvalue weighted by Gasteiger charge is -2.44. The van der Waals surface area contributed by atoms with E-state index >= 15 is 0 Å². The average molecular weight is 238 g/mol. The highest BCUT2D eigenvalue weighted by molar-refractivity contribution is 4.85. The molecule has 1 heterocycles. The summed E-state index contributed by atoms with van der Waals surface area (Å²) in [6.45, 7) is 10.8. The van der Waals surface area contributed by atoms with Crippen LogP contribution in [0.3, 0.4) is 0 Å². The van der Waals surface area contributed by atoms with Crippen LogP contribution in [0.4, 0.5) is 0 Å². The largest absolute Gasteiger partial charge is 0.314 e. The van der Waals surface area contributed by atoms with Gasteiger partial charge in [0.25, 0.3) is 0 Å². The van der Waals surface area contributed by atoms with Crippen molar-refractivity contribution in [1.82, 2.24) is 10.2 Å². The molecule has 2 bridgehead atoms. The molecule has 1 aliphatic heterocycles. The van der Waals surface area contributed by atoms with Crippen molar-refractivity contribution in [2.24, 2.45) is 11.8 Å². The smallest absolute Gasteiger partial charge is 0.00792 e. The summed E-state index contributed by atoms with van der Waals surface area (Å²) in [5.74, 6) is 2.03. The predicted molar refractivity (Wildman–Crippen MR) is 74.2 cm³/mol. The van der Waals surface area contributed by atoms with Crippen molar-refractivity contribution >= 4 is 0 Å². The first kappa shape index (κ1) is 13.4. The highest BCUT2D eigenvalue weighted by Crippen LogP contribution is 2.35. The minimum absolute atomic E-state index is 0.628. The highest BCUT2D eigenvalue weighted by Gasteiger charge is 2.31. The van der Waals surface area contributed by atoms with Gasteiger partial charge in [0.1, 0.15) is 0 Å². The molecule has 0 spiro atoms. The first-order chi connectivity index (χ1) is 8.15. The standard InChI is InChI=1S/C15H30N2/c1-12(2)16-8-7-13(3)17-10-14-5-4-6-15(9-14)11-17/h12-16H,4-11H2,1-3H3. The van der Waals surface area contributed by atoms with Crippen LogP contribution in [-0.2, 0) is 0 Å². The molecule has 1 saturated heterocycles. The summed E-state index contributed by atoms with van der Waals surface area (Å²) in [6, 6.07) is 1.40. The number of nitrogens with one attached hydrogen (secondary N) is 1. The second-order valence-electron chi connectivity index (χ2n) is 6.60. The van der Waals surface area contributed by atoms with Gasteiger partial charge in [-0.15, -0.1) is 0 Å². The van der Waals surface area contributed by atoms with Gasteiger partial charge in [0.05, 0.1) is 0 Å². The molecule has 100 valence electrons. The Kier molecular flexibility index (Phi) is 4.87. The van der Waals surface area contributed by atoms with E-state index in [9.17, 15) is 0 Å². The first-order valence-electron chi connectivity index (χ1n) is 7.62. The zero-order chi connectivity index (χ0) is 12.3. The first-order valence-corrected chi connectivity index (χ1v) is 7.62. The zero-order valence-corrected chi connectivity index (χ0v) is 11.9. The van der Waals surface area contributed by atoms with Gasteiger partial charge in [-0.2, -0.15) is 0 Å². The van der Waals surface area contributed by atoms with Gasteiger partial charge in [-0.1, -0.05) is 20.3 Å². The van der Waals surface area contributed by atoms with Gasteiger partial charge in [0.15, 0.2) is 0 Å². The third-order valence-corrected chi connectivity index (χ3v) is 4.61. The summed E-state index contributed by atoms with van der Waals surface area (Å²) in [5.41, 5.74) is 0. The van der Waals surface area contributed by atoms with Crippen molar-refractivity contribution in [1.29, 1.82) is 0 Å². The van der Waals surface area contributed by atoms with Crippen LogP contribution < -0.4 is 5.32 Å². The topological polar surface area (TPSA) is 15.3 Å². The van der Waals surface area contributed by atoms with Gasteiger partial charge in [0, 0.05) is 25.2 Å². The van der Waals surface area contributed by atoms with Crippen molar-refractivity contribution in [3.63, 3.8) is 0 Å². The van der Waals surface area contributed by atoms with Crippen LogP contribution >= 0.6 is 0 Å². The molecule has 0 amide bonds. The molecule has 2 heteroatoms. The molecule has 3 atom stereocenters. The van der Waals surface area contributed by atoms with Gasteiger partial charge < -0.3 is 10.2 Å². The molecule has 2 rings (SSSR count). The van der Waals surface area contributed by atoms with E-state index in [1.807, 2.05) is 0 Å². The van der Waals surface area contributed by atoms with E-state index in [2.05, 4.69) is 31.0 Å². The SMILES string of the molecule is CC(C)NCCC(C)N1CC2CCCC(C2)C1. The minimum Gasteiger partial charge on any atom is -0.314 e. The summed E-state index contributed by atoms with van der Waals surface area (Å²) >= 11 is 0. The van der Waals surface area contributed by atoms with Crippen LogP contribution in [0.15, 0.2) is 0 Å². The van der Waals surface area contributed by atoms with E-state index in [-0.39, 0.29) is 0 Å². The predicted octanol–water partition coefficient (Wildman–Crippen LogP) is 2.89. The maximum atomic E-state index is 3.54. The van der Waals surface area contributed by atoms with Crippen LogP contribution in [0, 0.1) is 11.8 Å². The quantitative estimate of drug-likeness (QED) is 0.792. The number of fused-ring (bicyclic) bond motifs is 2. The molecule has 2 aliphatic rings. The molecule has 2 fully saturated rings. The molecular formula is C15H30N2. The van der Waals surface area contributed by atoms with Gasteiger partial charge in [-0.3, -0.25) is 0 Å². The maximum absolute atomic E-state index is 3.54. The normalized spacial score (nSPS) is 31.8. The number of piperidine rings is 1. The molecule has 17 heavy (non-hydrogen) atoms. The third-order valence-electron chi connectivity index (χ3n) is 4.61. The Bertz CT molecular complexity index is 215. The average Bonchev–Trinajstić information content (AvgIpc) is 2.27. The Morgan fingerprint density at radius 3 is 2.35 bits per heavy atom. The summed E-state index contributed by atoms with van der Waals surface area (Å²) in [7, 11) is 0. The molecule has 1 N–H and O–H groups in total. The zero-order valence-electron chi connectivity index (χ0n) is 11.9. The molecular weight excluding hydrogens is 208 g/mol. The Balaban J connectivity index is 1.73. The van der Waals surface area contributed by atoms with Crippen molar-refractivity contribution < 1.29 is 0 Å². The summed E-state index contributed by atoms with van der Waals surface area (Å²) < 4.78 is 0. The van der Waals surface area contributed by atoms with E-state index in [0.29, 0.717) is 6.04 Å². The molecule has 0 aromatic rings. The molecule has 3 unspecified atom stereocenters. The summed E-state index contributed by atoms with van der Waals surface area (Å²) in [6.07, 6.45) is 7.30. The lowest BCUT2D eigenvalue weighted by molar-refractivity contribution is 0.0558. The van der Waals surface area contributed by atoms with Crippen LogP contribution in [0.2, 0.25) is 0 Å². The van der Waals surface area contributed by atoms with Crippen molar-refractivity contribution in [3.8, 4) is 0 Å². The van der Waals surface area contributed by atoms with E-state index in [1.54, 1.807) is 0 Å².